The van der Waals surface area contributed by atoms with Crippen molar-refractivity contribution in [3.63, 3.8) is 0 Å². The van der Waals surface area contributed by atoms with E-state index in [9.17, 15) is 22.4 Å². The molecule has 1 aliphatic carbocycles. The molecule has 1 unspecified atom stereocenters. The Morgan fingerprint density at radius 1 is 0.951 bits per heavy atom. The Hall–Kier alpha value is -3.14. The van der Waals surface area contributed by atoms with Gasteiger partial charge in [-0.3, -0.25) is 13.9 Å². The average molecular weight is 621 g/mol. The molecule has 1 saturated carbocycles. The van der Waals surface area contributed by atoms with Crippen molar-refractivity contribution in [2.45, 2.75) is 62.6 Å². The van der Waals surface area contributed by atoms with Gasteiger partial charge in [-0.25, -0.2) is 12.8 Å². The molecular weight excluding hydrogens is 588 g/mol. The van der Waals surface area contributed by atoms with E-state index >= 15 is 0 Å². The number of carbonyl (C=O) groups is 2. The molecule has 0 aromatic heterocycles. The minimum atomic E-state index is -4.28. The van der Waals surface area contributed by atoms with Crippen molar-refractivity contribution in [2.75, 3.05) is 10.8 Å². The maximum absolute atomic E-state index is 14.0. The number of carbonyl (C=O) groups excluding carboxylic acids is 2. The van der Waals surface area contributed by atoms with Crippen molar-refractivity contribution in [1.29, 1.82) is 0 Å². The van der Waals surface area contributed by atoms with Gasteiger partial charge in [0.15, 0.2) is 0 Å². The summed E-state index contributed by atoms with van der Waals surface area (Å²) in [6.07, 6.45) is 4.88. The summed E-state index contributed by atoms with van der Waals surface area (Å²) in [7, 11) is -4.28. The van der Waals surface area contributed by atoms with Crippen LogP contribution in [-0.4, -0.2) is 43.8 Å². The topological polar surface area (TPSA) is 86.8 Å². The van der Waals surface area contributed by atoms with E-state index in [2.05, 4.69) is 5.32 Å². The van der Waals surface area contributed by atoms with Gasteiger partial charge in [-0.1, -0.05) is 78.9 Å². The first kappa shape index (κ1) is 30.8. The van der Waals surface area contributed by atoms with Gasteiger partial charge in [0.2, 0.25) is 11.8 Å². The third-order valence-electron chi connectivity index (χ3n) is 7.20. The number of nitrogens with zero attached hydrogens (tertiary/aromatic N) is 2. The molecule has 41 heavy (non-hydrogen) atoms. The highest BCUT2D eigenvalue weighted by Gasteiger charge is 2.34. The van der Waals surface area contributed by atoms with Gasteiger partial charge < -0.3 is 10.2 Å². The highest BCUT2D eigenvalue weighted by Crippen LogP contribution is 2.35. The van der Waals surface area contributed by atoms with Crippen molar-refractivity contribution in [3.8, 4) is 0 Å². The molecule has 4 rings (SSSR count). The molecule has 0 bridgehead atoms. The fourth-order valence-electron chi connectivity index (χ4n) is 4.86. The van der Waals surface area contributed by atoms with Gasteiger partial charge in [0.05, 0.1) is 20.6 Å². The van der Waals surface area contributed by atoms with Crippen LogP contribution in [0.2, 0.25) is 10.0 Å². The van der Waals surface area contributed by atoms with E-state index in [1.54, 1.807) is 25.1 Å². The summed E-state index contributed by atoms with van der Waals surface area (Å²) in [5, 5.41) is 3.13. The van der Waals surface area contributed by atoms with Crippen LogP contribution in [0.1, 0.15) is 44.6 Å². The standard InChI is InChI=1S/C30H32Cl2FN3O4S/c1-21(30(38)34-24-9-4-2-5-10-24)35(19-22-15-17-23(33)18-16-22)28(37)20-36(27-14-8-13-26(31)29(27)32)41(39,40)25-11-6-3-7-12-25/h3,6-8,11-18,21,24H,2,4-5,9-10,19-20H2,1H3,(H,34,38). The lowest BCUT2D eigenvalue weighted by atomic mass is 9.95. The smallest absolute Gasteiger partial charge is 0.264 e. The first-order valence-electron chi connectivity index (χ1n) is 13.4. The number of benzene rings is 3. The van der Waals surface area contributed by atoms with Gasteiger partial charge in [-0.2, -0.15) is 0 Å². The van der Waals surface area contributed by atoms with Gasteiger partial charge in [0, 0.05) is 12.6 Å². The van der Waals surface area contributed by atoms with Crippen molar-refractivity contribution in [1.82, 2.24) is 10.2 Å². The maximum Gasteiger partial charge on any atom is 0.264 e. The van der Waals surface area contributed by atoms with E-state index in [0.717, 1.165) is 36.4 Å². The Morgan fingerprint density at radius 2 is 1.61 bits per heavy atom. The number of anilines is 1. The first-order chi connectivity index (χ1) is 19.6. The van der Waals surface area contributed by atoms with Crippen molar-refractivity contribution in [3.05, 3.63) is 94.2 Å². The number of rotatable bonds is 10. The lowest BCUT2D eigenvalue weighted by molar-refractivity contribution is -0.139. The molecule has 1 aliphatic rings. The van der Waals surface area contributed by atoms with Gasteiger partial charge in [0.25, 0.3) is 10.0 Å². The van der Waals surface area contributed by atoms with Crippen LogP contribution in [0.5, 0.6) is 0 Å². The van der Waals surface area contributed by atoms with E-state index < -0.39 is 34.3 Å². The zero-order chi connectivity index (χ0) is 29.6. The van der Waals surface area contributed by atoms with Crippen LogP contribution in [0.25, 0.3) is 0 Å². The van der Waals surface area contributed by atoms with Crippen LogP contribution in [0.15, 0.2) is 77.7 Å². The number of sulfonamides is 1. The molecule has 7 nitrogen and oxygen atoms in total. The van der Waals surface area contributed by atoms with Crippen LogP contribution < -0.4 is 9.62 Å². The van der Waals surface area contributed by atoms with Crippen LogP contribution in [0, 0.1) is 5.82 Å². The minimum Gasteiger partial charge on any atom is -0.352 e. The monoisotopic (exact) mass is 619 g/mol. The van der Waals surface area contributed by atoms with E-state index in [0.29, 0.717) is 5.56 Å². The minimum absolute atomic E-state index is 0.0155. The molecular formula is C30H32Cl2FN3O4S. The molecule has 0 aliphatic heterocycles. The van der Waals surface area contributed by atoms with Crippen LogP contribution in [0.3, 0.4) is 0 Å². The molecule has 1 fully saturated rings. The van der Waals surface area contributed by atoms with Crippen molar-refractivity contribution in [2.24, 2.45) is 0 Å². The Labute approximate surface area is 250 Å². The molecule has 2 amide bonds. The van der Waals surface area contributed by atoms with E-state index in [1.165, 1.54) is 59.5 Å². The molecule has 1 N–H and O–H groups in total. The Balaban J connectivity index is 1.69. The summed E-state index contributed by atoms with van der Waals surface area (Å²) < 4.78 is 42.2. The molecule has 3 aromatic carbocycles. The summed E-state index contributed by atoms with van der Waals surface area (Å²) >= 11 is 12.7. The van der Waals surface area contributed by atoms with Gasteiger partial charge in [0.1, 0.15) is 18.4 Å². The van der Waals surface area contributed by atoms with E-state index in [-0.39, 0.29) is 39.1 Å². The number of amides is 2. The molecule has 3 aromatic rings. The van der Waals surface area contributed by atoms with E-state index in [1.807, 2.05) is 0 Å². The van der Waals surface area contributed by atoms with Crippen molar-refractivity contribution < 1.29 is 22.4 Å². The zero-order valence-corrected chi connectivity index (χ0v) is 24.9. The maximum atomic E-state index is 14.0. The summed E-state index contributed by atoms with van der Waals surface area (Å²) in [5.41, 5.74) is 0.604. The SMILES string of the molecule is CC(C(=O)NC1CCCCC1)N(Cc1ccc(F)cc1)C(=O)CN(c1cccc(Cl)c1Cl)S(=O)(=O)c1ccccc1. The number of halogens is 3. The third-order valence-corrected chi connectivity index (χ3v) is 9.78. The molecule has 1 atom stereocenters. The predicted octanol–water partition coefficient (Wildman–Crippen LogP) is 6.19. The largest absolute Gasteiger partial charge is 0.352 e. The van der Waals surface area contributed by atoms with Crippen LogP contribution in [-0.2, 0) is 26.2 Å². The summed E-state index contributed by atoms with van der Waals surface area (Å²) in [5.74, 6) is -1.42. The summed E-state index contributed by atoms with van der Waals surface area (Å²) in [6, 6.07) is 16.8. The number of hydrogen-bond acceptors (Lipinski definition) is 4. The van der Waals surface area contributed by atoms with Gasteiger partial charge in [-0.05, 0) is 61.7 Å². The van der Waals surface area contributed by atoms with Gasteiger partial charge >= 0.3 is 0 Å². The summed E-state index contributed by atoms with van der Waals surface area (Å²) in [6.45, 7) is 0.905. The second-order valence-corrected chi connectivity index (χ2v) is 12.7. The highest BCUT2D eigenvalue weighted by atomic mass is 35.5. The molecule has 218 valence electrons. The van der Waals surface area contributed by atoms with Crippen LogP contribution in [0.4, 0.5) is 10.1 Å². The number of nitrogens with one attached hydrogen (secondary N) is 1. The first-order valence-corrected chi connectivity index (χ1v) is 15.6. The summed E-state index contributed by atoms with van der Waals surface area (Å²) in [4.78, 5) is 28.6. The normalized spacial score (nSPS) is 14.7. The fourth-order valence-corrected chi connectivity index (χ4v) is 6.75. The molecule has 0 heterocycles. The third kappa shape index (κ3) is 7.58. The van der Waals surface area contributed by atoms with Gasteiger partial charge in [-0.15, -0.1) is 0 Å². The quantitative estimate of drug-likeness (QED) is 0.293. The molecule has 0 radical (unpaired) electrons. The molecule has 0 spiro atoms. The zero-order valence-electron chi connectivity index (χ0n) is 22.6. The predicted molar refractivity (Wildman–Crippen MR) is 159 cm³/mol. The van der Waals surface area contributed by atoms with E-state index in [4.69, 9.17) is 23.2 Å². The Morgan fingerprint density at radius 3 is 2.27 bits per heavy atom. The van der Waals surface area contributed by atoms with Crippen LogP contribution >= 0.6 is 23.2 Å². The fraction of sp³-hybridized carbons (Fsp3) is 0.333. The highest BCUT2D eigenvalue weighted by molar-refractivity contribution is 7.92. The lowest BCUT2D eigenvalue weighted by Gasteiger charge is -2.33. The Kier molecular flexibility index (Phi) is 10.3. The average Bonchev–Trinajstić information content (AvgIpc) is 2.97. The number of hydrogen-bond donors (Lipinski definition) is 1. The second kappa shape index (κ2) is 13.7. The molecule has 0 saturated heterocycles. The lowest BCUT2D eigenvalue weighted by Crippen LogP contribution is -2.53. The molecule has 11 heteroatoms. The second-order valence-electron chi connectivity index (χ2n) is 10.1. The Bertz CT molecular complexity index is 1470. The van der Waals surface area contributed by atoms with Crippen molar-refractivity contribution >= 4 is 50.7 Å².